The first-order valence-electron chi connectivity index (χ1n) is 3.90. The molecule has 70 valence electrons. The Balaban J connectivity index is 3.01. The van der Waals surface area contributed by atoms with Gasteiger partial charge >= 0.3 is 92.9 Å². The van der Waals surface area contributed by atoms with Crippen LogP contribution in [0, 0.1) is 11.5 Å². The van der Waals surface area contributed by atoms with E-state index in [-0.39, 0.29) is 0 Å². The Kier molecular flexibility index (Phi) is 3.49. The number of carbonyl (C=O) groups is 1. The second-order valence-electron chi connectivity index (χ2n) is 2.75. The molecule has 0 unspecified atom stereocenters. The number of carbonyl (C=O) groups excluding carboxylic acids is 1. The van der Waals surface area contributed by atoms with Crippen molar-refractivity contribution in [3.05, 3.63) is 23.9 Å². The average molecular weight is 292 g/mol. The van der Waals surface area contributed by atoms with Gasteiger partial charge in [0, 0.05) is 0 Å². The molecule has 14 heavy (non-hydrogen) atoms. The van der Waals surface area contributed by atoms with Crippen LogP contribution in [0.15, 0.2) is 23.9 Å². The zero-order valence-corrected chi connectivity index (χ0v) is 10.8. The summed E-state index contributed by atoms with van der Waals surface area (Å²) >= 11 is -1.43. The summed E-state index contributed by atoms with van der Waals surface area (Å²) in [6.45, 7) is 3.92. The fourth-order valence-electron chi connectivity index (χ4n) is 1.12. The molecule has 0 saturated carbocycles. The summed E-state index contributed by atoms with van der Waals surface area (Å²) in [7, 11) is 0. The SMILES string of the molecule is C=C(C(N)=O)[C]1=[In][N](C#N)C=C1CN. The Morgan fingerprint density at radius 2 is 2.43 bits per heavy atom. The van der Waals surface area contributed by atoms with Crippen molar-refractivity contribution in [2.45, 2.75) is 0 Å². The number of nitriles is 1. The third-order valence-corrected chi connectivity index (χ3v) is 6.21. The van der Waals surface area contributed by atoms with Crippen molar-refractivity contribution in [1.29, 1.82) is 5.26 Å². The molecule has 1 rings (SSSR count). The molecule has 6 heteroatoms. The predicted molar refractivity (Wildman–Crippen MR) is 53.7 cm³/mol. The van der Waals surface area contributed by atoms with Crippen LogP contribution in [0.4, 0.5) is 0 Å². The zero-order chi connectivity index (χ0) is 10.7. The van der Waals surface area contributed by atoms with Gasteiger partial charge in [0.25, 0.3) is 0 Å². The first-order chi connectivity index (χ1) is 6.60. The second kappa shape index (κ2) is 4.44. The molecule has 0 aromatic heterocycles. The summed E-state index contributed by atoms with van der Waals surface area (Å²) in [4.78, 5) is 10.9. The van der Waals surface area contributed by atoms with E-state index in [1.165, 1.54) is 0 Å². The van der Waals surface area contributed by atoms with Crippen molar-refractivity contribution in [2.24, 2.45) is 11.5 Å². The van der Waals surface area contributed by atoms with E-state index in [9.17, 15) is 4.79 Å². The molecule has 0 radical (unpaired) electrons. The first kappa shape index (κ1) is 11.0. The van der Waals surface area contributed by atoms with Crippen molar-refractivity contribution >= 4 is 31.9 Å². The van der Waals surface area contributed by atoms with Gasteiger partial charge in [0.2, 0.25) is 0 Å². The molecule has 4 N–H and O–H groups in total. The first-order valence-corrected chi connectivity index (χ1v) is 7.02. The fraction of sp³-hybridized carbons (Fsp3) is 0.125. The van der Waals surface area contributed by atoms with Crippen molar-refractivity contribution < 1.29 is 4.79 Å². The number of nitrogens with zero attached hydrogens (tertiary/aromatic N) is 2. The standard InChI is InChI=1S/C8H10N4O.In/c1-6(8(11)13)2-7(3-9)4-12-5-10;/h4,10H,1,3,9H2,(H2,11,13);/q;+1/p-1. The van der Waals surface area contributed by atoms with E-state index in [2.05, 4.69) is 6.58 Å². The van der Waals surface area contributed by atoms with Crippen molar-refractivity contribution in [3.8, 4) is 6.19 Å². The van der Waals surface area contributed by atoms with Gasteiger partial charge in [-0.15, -0.1) is 0 Å². The van der Waals surface area contributed by atoms with E-state index in [1.54, 1.807) is 9.09 Å². The van der Waals surface area contributed by atoms with Crippen LogP contribution in [0.1, 0.15) is 0 Å². The molecule has 0 saturated heterocycles. The quantitative estimate of drug-likeness (QED) is 0.486. The molecule has 0 spiro atoms. The van der Waals surface area contributed by atoms with E-state index < -0.39 is 28.6 Å². The number of amides is 1. The Bertz CT molecular complexity index is 391. The molecule has 1 aliphatic heterocycles. The third kappa shape index (κ3) is 2.05. The minimum absolute atomic E-state index is 0.306. The average Bonchev–Trinajstić information content (AvgIpc) is 2.59. The van der Waals surface area contributed by atoms with Crippen LogP contribution < -0.4 is 11.5 Å². The van der Waals surface area contributed by atoms with E-state index in [4.69, 9.17) is 16.7 Å². The van der Waals surface area contributed by atoms with Gasteiger partial charge in [0.1, 0.15) is 0 Å². The van der Waals surface area contributed by atoms with Crippen LogP contribution in [-0.2, 0) is 4.79 Å². The van der Waals surface area contributed by atoms with Gasteiger partial charge in [-0.1, -0.05) is 0 Å². The summed E-state index contributed by atoms with van der Waals surface area (Å²) in [6.07, 6.45) is 3.71. The fourth-order valence-corrected chi connectivity index (χ4v) is 4.68. The number of nitrogens with two attached hydrogens (primary N) is 2. The molecule has 0 bridgehead atoms. The molecule has 1 aliphatic rings. The Hall–Kier alpha value is -1.06. The van der Waals surface area contributed by atoms with Crippen molar-refractivity contribution in [3.63, 3.8) is 0 Å². The van der Waals surface area contributed by atoms with Gasteiger partial charge in [0.05, 0.1) is 0 Å². The zero-order valence-electron chi connectivity index (χ0n) is 7.53. The van der Waals surface area contributed by atoms with E-state index >= 15 is 0 Å². The number of hydrogen-bond acceptors (Lipinski definition) is 4. The van der Waals surface area contributed by atoms with Gasteiger partial charge < -0.3 is 0 Å². The van der Waals surface area contributed by atoms with Gasteiger partial charge in [0.15, 0.2) is 0 Å². The summed E-state index contributed by atoms with van der Waals surface area (Å²) in [5, 5.41) is 8.70. The molecule has 0 aliphatic carbocycles. The summed E-state index contributed by atoms with van der Waals surface area (Å²) in [6, 6.07) is 0. The molecule has 1 heterocycles. The van der Waals surface area contributed by atoms with Gasteiger partial charge in [-0.05, 0) is 0 Å². The molecule has 0 aromatic carbocycles. The summed E-state index contributed by atoms with van der Waals surface area (Å²) in [5.41, 5.74) is 11.7. The maximum atomic E-state index is 10.9. The molecule has 1 amide bonds. The van der Waals surface area contributed by atoms with E-state index in [0.717, 1.165) is 8.83 Å². The van der Waals surface area contributed by atoms with Gasteiger partial charge in [-0.3, -0.25) is 0 Å². The normalized spacial score (nSPS) is 13.9. The van der Waals surface area contributed by atoms with Crippen LogP contribution in [0.25, 0.3) is 0 Å². The predicted octanol–water partition coefficient (Wildman–Crippen LogP) is -1.54. The second-order valence-corrected chi connectivity index (χ2v) is 6.72. The number of primary amides is 1. The Morgan fingerprint density at radius 3 is 2.86 bits per heavy atom. The summed E-state index contributed by atoms with van der Waals surface area (Å²) in [5.74, 6) is -0.537. The minimum atomic E-state index is -1.43. The summed E-state index contributed by atoms with van der Waals surface area (Å²) < 4.78 is 2.41. The topological polar surface area (TPSA) is 96.1 Å². The molecular weight excluding hydrogens is 283 g/mol. The van der Waals surface area contributed by atoms with Crippen LogP contribution in [-0.4, -0.2) is 41.3 Å². The van der Waals surface area contributed by atoms with Crippen molar-refractivity contribution in [2.75, 3.05) is 6.54 Å². The molecular formula is C8H9InN4O. The van der Waals surface area contributed by atoms with Crippen LogP contribution in [0.3, 0.4) is 0 Å². The molecule has 0 atom stereocenters. The molecule has 0 fully saturated rings. The molecule has 0 aromatic rings. The van der Waals surface area contributed by atoms with Crippen LogP contribution >= 0.6 is 0 Å². The van der Waals surface area contributed by atoms with Gasteiger partial charge in [-0.2, -0.15) is 0 Å². The van der Waals surface area contributed by atoms with E-state index in [1.807, 2.05) is 6.19 Å². The van der Waals surface area contributed by atoms with Gasteiger partial charge in [-0.25, -0.2) is 0 Å². The Labute approximate surface area is 92.9 Å². The number of rotatable bonds is 3. The van der Waals surface area contributed by atoms with Crippen LogP contribution in [0.5, 0.6) is 0 Å². The third-order valence-electron chi connectivity index (χ3n) is 1.87. The molecule has 5 nitrogen and oxygen atoms in total. The monoisotopic (exact) mass is 292 g/mol. The van der Waals surface area contributed by atoms with Crippen LogP contribution in [0.2, 0.25) is 0 Å². The van der Waals surface area contributed by atoms with E-state index in [0.29, 0.717) is 12.1 Å². The Morgan fingerprint density at radius 1 is 1.79 bits per heavy atom. The maximum absolute atomic E-state index is 10.9. The number of hydrogen-bond donors (Lipinski definition) is 2. The van der Waals surface area contributed by atoms with Crippen molar-refractivity contribution in [1.82, 2.24) is 2.89 Å².